The molecule has 2 aliphatic rings. The number of pyridine rings is 1. The molecule has 110 valence electrons. The van der Waals surface area contributed by atoms with Crippen LogP contribution in [0.3, 0.4) is 0 Å². The Balaban J connectivity index is 1.70. The third-order valence-corrected chi connectivity index (χ3v) is 5.05. The van der Waals surface area contributed by atoms with E-state index in [0.29, 0.717) is 6.04 Å². The number of halogens is 1. The fourth-order valence-corrected chi connectivity index (χ4v) is 3.71. The first-order valence-electron chi connectivity index (χ1n) is 7.84. The number of aromatic nitrogens is 1. The molecule has 1 atom stereocenters. The van der Waals surface area contributed by atoms with Crippen LogP contribution in [-0.2, 0) is 0 Å². The van der Waals surface area contributed by atoms with Gasteiger partial charge in [0.15, 0.2) is 0 Å². The first-order chi connectivity index (χ1) is 10.3. The van der Waals surface area contributed by atoms with Crippen LogP contribution in [0.4, 0.5) is 5.69 Å². The Morgan fingerprint density at radius 2 is 2.19 bits per heavy atom. The molecule has 1 aromatic heterocycles. The summed E-state index contributed by atoms with van der Waals surface area (Å²) in [6.07, 6.45) is 5.90. The third kappa shape index (κ3) is 2.79. The molecule has 1 saturated heterocycles. The summed E-state index contributed by atoms with van der Waals surface area (Å²) in [5.41, 5.74) is 2.41. The second kappa shape index (κ2) is 5.58. The van der Waals surface area contributed by atoms with Crippen LogP contribution in [0.2, 0.25) is 0 Å². The van der Waals surface area contributed by atoms with Crippen molar-refractivity contribution in [3.63, 3.8) is 0 Å². The first-order valence-corrected chi connectivity index (χ1v) is 8.63. The molecule has 1 aliphatic carbocycles. The van der Waals surface area contributed by atoms with Crippen molar-refractivity contribution in [1.29, 1.82) is 0 Å². The van der Waals surface area contributed by atoms with E-state index in [4.69, 9.17) is 0 Å². The molecular weight excluding hydrogens is 326 g/mol. The normalized spacial score (nSPS) is 23.3. The van der Waals surface area contributed by atoms with Gasteiger partial charge in [0, 0.05) is 35.2 Å². The number of hydrogen-bond donors (Lipinski definition) is 1. The molecule has 2 aromatic rings. The number of para-hydroxylation sites is 1. The minimum Gasteiger partial charge on any atom is -0.368 e. The highest BCUT2D eigenvalue weighted by atomic mass is 79.9. The van der Waals surface area contributed by atoms with Crippen molar-refractivity contribution < 1.29 is 0 Å². The van der Waals surface area contributed by atoms with Crippen molar-refractivity contribution in [2.75, 3.05) is 24.5 Å². The summed E-state index contributed by atoms with van der Waals surface area (Å²) in [6, 6.07) is 9.32. The monoisotopic (exact) mass is 345 g/mol. The van der Waals surface area contributed by atoms with Crippen LogP contribution in [0.15, 0.2) is 34.9 Å². The highest BCUT2D eigenvalue weighted by Gasteiger charge is 2.33. The highest BCUT2D eigenvalue weighted by molar-refractivity contribution is 9.10. The van der Waals surface area contributed by atoms with Crippen LogP contribution in [0.1, 0.15) is 19.3 Å². The Labute approximate surface area is 133 Å². The summed E-state index contributed by atoms with van der Waals surface area (Å²) < 4.78 is 1.04. The van der Waals surface area contributed by atoms with Gasteiger partial charge in [-0.2, -0.15) is 0 Å². The van der Waals surface area contributed by atoms with Crippen molar-refractivity contribution in [2.45, 2.75) is 25.3 Å². The lowest BCUT2D eigenvalue weighted by atomic mass is 10.1. The molecule has 2 fully saturated rings. The fraction of sp³-hybridized carbons (Fsp3) is 0.471. The number of hydrogen-bond acceptors (Lipinski definition) is 3. The van der Waals surface area contributed by atoms with Gasteiger partial charge < -0.3 is 10.2 Å². The van der Waals surface area contributed by atoms with Crippen molar-refractivity contribution in [1.82, 2.24) is 10.3 Å². The zero-order valence-corrected chi connectivity index (χ0v) is 13.6. The van der Waals surface area contributed by atoms with E-state index in [9.17, 15) is 0 Å². The largest absolute Gasteiger partial charge is 0.368 e. The molecule has 1 saturated carbocycles. The van der Waals surface area contributed by atoms with Crippen molar-refractivity contribution in [3.8, 4) is 0 Å². The molecule has 1 unspecified atom stereocenters. The standard InChI is InChI=1S/C17H20BrN3/c18-14-9-13-3-1-4-16(17(13)20-10-14)21-8-2-7-19-15(11-21)12-5-6-12/h1,3-4,9-10,12,15,19H,2,5-8,11H2. The quantitative estimate of drug-likeness (QED) is 0.901. The van der Waals surface area contributed by atoms with Gasteiger partial charge in [-0.15, -0.1) is 0 Å². The predicted octanol–water partition coefficient (Wildman–Crippen LogP) is 3.58. The second-order valence-corrected chi connectivity index (χ2v) is 7.12. The topological polar surface area (TPSA) is 28.2 Å². The summed E-state index contributed by atoms with van der Waals surface area (Å²) in [7, 11) is 0. The lowest BCUT2D eigenvalue weighted by molar-refractivity contribution is 0.490. The summed E-state index contributed by atoms with van der Waals surface area (Å²) in [5, 5.41) is 4.94. The summed E-state index contributed by atoms with van der Waals surface area (Å²) in [5.74, 6) is 0.891. The highest BCUT2D eigenvalue weighted by Crippen LogP contribution is 2.35. The van der Waals surface area contributed by atoms with E-state index in [1.165, 1.54) is 30.3 Å². The lowest BCUT2D eigenvalue weighted by Gasteiger charge is -2.27. The zero-order chi connectivity index (χ0) is 14.2. The second-order valence-electron chi connectivity index (χ2n) is 6.20. The van der Waals surface area contributed by atoms with Gasteiger partial charge in [0.05, 0.1) is 11.2 Å². The minimum atomic E-state index is 0.651. The molecule has 0 amide bonds. The van der Waals surface area contributed by atoms with Gasteiger partial charge in [-0.25, -0.2) is 0 Å². The van der Waals surface area contributed by atoms with Crippen molar-refractivity contribution >= 4 is 32.5 Å². The molecule has 1 aliphatic heterocycles. The van der Waals surface area contributed by atoms with Crippen molar-refractivity contribution in [3.05, 3.63) is 34.9 Å². The molecule has 2 heterocycles. The van der Waals surface area contributed by atoms with E-state index in [1.807, 2.05) is 6.20 Å². The van der Waals surface area contributed by atoms with Gasteiger partial charge in [-0.1, -0.05) is 12.1 Å². The molecule has 3 nitrogen and oxygen atoms in total. The van der Waals surface area contributed by atoms with Crippen LogP contribution in [0.25, 0.3) is 10.9 Å². The minimum absolute atomic E-state index is 0.651. The van der Waals surface area contributed by atoms with Crippen molar-refractivity contribution in [2.24, 2.45) is 5.92 Å². The van der Waals surface area contributed by atoms with Gasteiger partial charge in [-0.3, -0.25) is 4.98 Å². The Bertz CT molecular complexity index is 654. The van der Waals surface area contributed by atoms with E-state index in [-0.39, 0.29) is 0 Å². The molecule has 0 radical (unpaired) electrons. The van der Waals surface area contributed by atoms with Crippen LogP contribution in [-0.4, -0.2) is 30.7 Å². The van der Waals surface area contributed by atoms with Crippen LogP contribution >= 0.6 is 15.9 Å². The molecule has 4 rings (SSSR count). The molecule has 0 bridgehead atoms. The maximum atomic E-state index is 4.66. The average Bonchev–Trinajstić information content (AvgIpc) is 3.32. The van der Waals surface area contributed by atoms with E-state index in [2.05, 4.69) is 55.4 Å². The Morgan fingerprint density at radius 1 is 1.29 bits per heavy atom. The number of rotatable bonds is 2. The Kier molecular flexibility index (Phi) is 3.59. The van der Waals surface area contributed by atoms with Gasteiger partial charge in [0.2, 0.25) is 0 Å². The third-order valence-electron chi connectivity index (χ3n) is 4.62. The predicted molar refractivity (Wildman–Crippen MR) is 90.8 cm³/mol. The first kappa shape index (κ1) is 13.5. The molecular formula is C17H20BrN3. The molecule has 1 N–H and O–H groups in total. The maximum Gasteiger partial charge on any atom is 0.0936 e. The SMILES string of the molecule is Brc1cnc2c(N3CCCNC(C4CC4)C3)cccc2c1. The molecule has 4 heteroatoms. The average molecular weight is 346 g/mol. The summed E-state index contributed by atoms with van der Waals surface area (Å²) >= 11 is 3.52. The van der Waals surface area contributed by atoms with Gasteiger partial charge in [-0.05, 0) is 59.8 Å². The van der Waals surface area contributed by atoms with E-state index in [1.54, 1.807) is 0 Å². The van der Waals surface area contributed by atoms with Gasteiger partial charge in [0.25, 0.3) is 0 Å². The zero-order valence-electron chi connectivity index (χ0n) is 12.1. The Hall–Kier alpha value is -1.13. The van der Waals surface area contributed by atoms with E-state index < -0.39 is 0 Å². The number of benzene rings is 1. The number of nitrogens with zero attached hydrogens (tertiary/aromatic N) is 2. The smallest absolute Gasteiger partial charge is 0.0936 e. The maximum absolute atomic E-state index is 4.66. The summed E-state index contributed by atoms with van der Waals surface area (Å²) in [4.78, 5) is 7.20. The van der Waals surface area contributed by atoms with Crippen LogP contribution in [0.5, 0.6) is 0 Å². The van der Waals surface area contributed by atoms with Gasteiger partial charge in [0.1, 0.15) is 0 Å². The number of nitrogens with one attached hydrogen (secondary N) is 1. The molecule has 21 heavy (non-hydrogen) atoms. The van der Waals surface area contributed by atoms with Crippen LogP contribution < -0.4 is 10.2 Å². The number of fused-ring (bicyclic) bond motifs is 1. The summed E-state index contributed by atoms with van der Waals surface area (Å²) in [6.45, 7) is 3.37. The lowest BCUT2D eigenvalue weighted by Crippen LogP contribution is -2.39. The molecule has 1 aromatic carbocycles. The van der Waals surface area contributed by atoms with E-state index >= 15 is 0 Å². The fourth-order valence-electron chi connectivity index (χ4n) is 3.36. The number of anilines is 1. The van der Waals surface area contributed by atoms with Crippen LogP contribution in [0, 0.1) is 5.92 Å². The van der Waals surface area contributed by atoms with E-state index in [0.717, 1.165) is 35.5 Å². The van der Waals surface area contributed by atoms with Gasteiger partial charge >= 0.3 is 0 Å². The Morgan fingerprint density at radius 3 is 3.05 bits per heavy atom. The molecule has 0 spiro atoms.